The Morgan fingerprint density at radius 2 is 2.17 bits per heavy atom. The lowest BCUT2D eigenvalue weighted by molar-refractivity contribution is 0.441. The van der Waals surface area contributed by atoms with Crippen LogP contribution in [0.1, 0.15) is 29.1 Å². The van der Waals surface area contributed by atoms with E-state index in [4.69, 9.17) is 0 Å². The molecule has 0 spiro atoms. The molecule has 0 aliphatic carbocycles. The average molecular weight is 264 g/mol. The molecular weight excluding hydrogens is 248 g/mol. The van der Waals surface area contributed by atoms with E-state index in [1.54, 1.807) is 17.4 Å². The lowest BCUT2D eigenvalue weighted by atomic mass is 10.1. The molecule has 5 heteroatoms. The molecule has 1 aromatic carbocycles. The minimum absolute atomic E-state index is 0.0430. The first kappa shape index (κ1) is 12.9. The van der Waals surface area contributed by atoms with E-state index >= 15 is 0 Å². The third-order valence-corrected chi connectivity index (χ3v) is 3.83. The third kappa shape index (κ3) is 2.80. The predicted molar refractivity (Wildman–Crippen MR) is 71.9 cm³/mol. The lowest BCUT2D eigenvalue weighted by Gasteiger charge is -2.15. The number of rotatable bonds is 4. The van der Waals surface area contributed by atoms with Crippen molar-refractivity contribution in [3.05, 3.63) is 39.8 Å². The van der Waals surface area contributed by atoms with Gasteiger partial charge in [-0.3, -0.25) is 0 Å². The van der Waals surface area contributed by atoms with Gasteiger partial charge in [0, 0.05) is 23.0 Å². The van der Waals surface area contributed by atoms with Crippen molar-refractivity contribution in [1.82, 2.24) is 10.3 Å². The van der Waals surface area contributed by atoms with Gasteiger partial charge in [-0.25, -0.2) is 4.98 Å². The van der Waals surface area contributed by atoms with Crippen LogP contribution in [0.4, 0.5) is 0 Å². The number of aromatic nitrogens is 1. The maximum Gasteiger partial charge on any atom is 0.120 e. The zero-order chi connectivity index (χ0) is 13.1. The number of hydrogen-bond acceptors (Lipinski definition) is 5. The quantitative estimate of drug-likeness (QED) is 0.743. The Hall–Kier alpha value is -1.59. The normalized spacial score (nSPS) is 12.6. The molecule has 0 amide bonds. The van der Waals surface area contributed by atoms with Gasteiger partial charge >= 0.3 is 0 Å². The molecule has 0 bridgehead atoms. The van der Waals surface area contributed by atoms with E-state index < -0.39 is 0 Å². The zero-order valence-electron chi connectivity index (χ0n) is 10.3. The SMILES string of the molecule is Cc1ncsc1CNC(C)c1cc(O)ccc1O. The molecule has 0 aliphatic heterocycles. The minimum Gasteiger partial charge on any atom is -0.508 e. The van der Waals surface area contributed by atoms with Gasteiger partial charge in [-0.15, -0.1) is 11.3 Å². The second-order valence-electron chi connectivity index (χ2n) is 4.21. The van der Waals surface area contributed by atoms with Crippen LogP contribution in [0.15, 0.2) is 23.7 Å². The Bertz CT molecular complexity index is 540. The summed E-state index contributed by atoms with van der Waals surface area (Å²) in [5, 5.41) is 22.5. The van der Waals surface area contributed by atoms with Crippen LogP contribution in [-0.2, 0) is 6.54 Å². The number of aryl methyl sites for hydroxylation is 1. The molecule has 0 saturated heterocycles. The second-order valence-corrected chi connectivity index (χ2v) is 5.15. The number of thiazole rings is 1. The van der Waals surface area contributed by atoms with E-state index in [0.29, 0.717) is 12.1 Å². The Labute approximate surface area is 110 Å². The highest BCUT2D eigenvalue weighted by molar-refractivity contribution is 7.09. The Kier molecular flexibility index (Phi) is 3.84. The summed E-state index contributed by atoms with van der Waals surface area (Å²) >= 11 is 1.61. The number of aromatic hydroxyl groups is 2. The predicted octanol–water partition coefficient (Wildman–Crippen LogP) is 2.71. The monoisotopic (exact) mass is 264 g/mol. The summed E-state index contributed by atoms with van der Waals surface area (Å²) in [6, 6.07) is 4.50. The van der Waals surface area contributed by atoms with Crippen LogP contribution in [0.25, 0.3) is 0 Å². The van der Waals surface area contributed by atoms with Gasteiger partial charge in [-0.1, -0.05) is 0 Å². The molecule has 0 fully saturated rings. The van der Waals surface area contributed by atoms with Crippen LogP contribution in [0, 0.1) is 6.92 Å². The molecule has 18 heavy (non-hydrogen) atoms. The van der Waals surface area contributed by atoms with Crippen LogP contribution < -0.4 is 5.32 Å². The fraction of sp³-hybridized carbons (Fsp3) is 0.308. The maximum atomic E-state index is 9.76. The Morgan fingerprint density at radius 3 is 2.83 bits per heavy atom. The average Bonchev–Trinajstić information content (AvgIpc) is 2.75. The second kappa shape index (κ2) is 5.37. The van der Waals surface area contributed by atoms with Crippen molar-refractivity contribution >= 4 is 11.3 Å². The van der Waals surface area contributed by atoms with Crippen LogP contribution in [0.5, 0.6) is 11.5 Å². The molecule has 1 heterocycles. The topological polar surface area (TPSA) is 65.4 Å². The molecule has 4 nitrogen and oxygen atoms in total. The number of phenols is 2. The van der Waals surface area contributed by atoms with E-state index in [9.17, 15) is 10.2 Å². The Balaban J connectivity index is 2.06. The first-order chi connectivity index (χ1) is 8.58. The smallest absolute Gasteiger partial charge is 0.120 e. The van der Waals surface area contributed by atoms with Crippen LogP contribution in [0.2, 0.25) is 0 Å². The lowest BCUT2D eigenvalue weighted by Crippen LogP contribution is -2.18. The van der Waals surface area contributed by atoms with Crippen molar-refractivity contribution < 1.29 is 10.2 Å². The molecule has 2 rings (SSSR count). The van der Waals surface area contributed by atoms with Gasteiger partial charge in [0.05, 0.1) is 11.2 Å². The van der Waals surface area contributed by atoms with Gasteiger partial charge < -0.3 is 15.5 Å². The van der Waals surface area contributed by atoms with E-state index in [1.807, 2.05) is 19.4 Å². The standard InChI is InChI=1S/C13H16N2O2S/c1-8(11-5-10(16)3-4-12(11)17)14-6-13-9(2)15-7-18-13/h3-5,7-8,14,16-17H,6H2,1-2H3. The summed E-state index contributed by atoms with van der Waals surface area (Å²) in [6.07, 6.45) is 0. The summed E-state index contributed by atoms with van der Waals surface area (Å²) in [4.78, 5) is 5.37. The molecule has 0 saturated carbocycles. The molecular formula is C13H16N2O2S. The molecule has 1 aromatic heterocycles. The molecule has 96 valence electrons. The number of phenolic OH excluding ortho intramolecular Hbond substituents is 2. The largest absolute Gasteiger partial charge is 0.508 e. The summed E-state index contributed by atoms with van der Waals surface area (Å²) in [6.45, 7) is 4.63. The molecule has 0 aliphatic rings. The van der Waals surface area contributed by atoms with E-state index in [-0.39, 0.29) is 17.5 Å². The number of nitrogens with zero attached hydrogens (tertiary/aromatic N) is 1. The van der Waals surface area contributed by atoms with E-state index in [1.165, 1.54) is 17.0 Å². The van der Waals surface area contributed by atoms with Gasteiger partial charge in [0.25, 0.3) is 0 Å². The van der Waals surface area contributed by atoms with Crippen LogP contribution >= 0.6 is 11.3 Å². The summed E-state index contributed by atoms with van der Waals surface area (Å²) in [7, 11) is 0. The highest BCUT2D eigenvalue weighted by Crippen LogP contribution is 2.28. The summed E-state index contributed by atoms with van der Waals surface area (Å²) < 4.78 is 0. The summed E-state index contributed by atoms with van der Waals surface area (Å²) in [5.41, 5.74) is 3.54. The zero-order valence-corrected chi connectivity index (χ0v) is 11.2. The van der Waals surface area contributed by atoms with Gasteiger partial charge in [-0.05, 0) is 32.0 Å². The first-order valence-electron chi connectivity index (χ1n) is 5.72. The fourth-order valence-corrected chi connectivity index (χ4v) is 2.47. The van der Waals surface area contributed by atoms with E-state index in [0.717, 1.165) is 5.69 Å². The van der Waals surface area contributed by atoms with Gasteiger partial charge in [0.1, 0.15) is 11.5 Å². The van der Waals surface area contributed by atoms with Crippen molar-refractivity contribution in [3.63, 3.8) is 0 Å². The molecule has 1 atom stereocenters. The van der Waals surface area contributed by atoms with E-state index in [2.05, 4.69) is 10.3 Å². The van der Waals surface area contributed by atoms with Crippen molar-refractivity contribution in [2.24, 2.45) is 0 Å². The van der Waals surface area contributed by atoms with Crippen LogP contribution in [-0.4, -0.2) is 15.2 Å². The number of hydrogen-bond donors (Lipinski definition) is 3. The molecule has 0 radical (unpaired) electrons. The van der Waals surface area contributed by atoms with Crippen molar-refractivity contribution in [1.29, 1.82) is 0 Å². The first-order valence-corrected chi connectivity index (χ1v) is 6.60. The van der Waals surface area contributed by atoms with Gasteiger partial charge in [0.2, 0.25) is 0 Å². The minimum atomic E-state index is -0.0430. The fourth-order valence-electron chi connectivity index (χ4n) is 1.74. The van der Waals surface area contributed by atoms with Crippen molar-refractivity contribution in [3.8, 4) is 11.5 Å². The maximum absolute atomic E-state index is 9.76. The third-order valence-electron chi connectivity index (χ3n) is 2.89. The Morgan fingerprint density at radius 1 is 1.39 bits per heavy atom. The number of benzene rings is 1. The van der Waals surface area contributed by atoms with Crippen molar-refractivity contribution in [2.45, 2.75) is 26.4 Å². The molecule has 3 N–H and O–H groups in total. The highest BCUT2D eigenvalue weighted by atomic mass is 32.1. The van der Waals surface area contributed by atoms with Crippen LogP contribution in [0.3, 0.4) is 0 Å². The molecule has 1 unspecified atom stereocenters. The van der Waals surface area contributed by atoms with Crippen molar-refractivity contribution in [2.75, 3.05) is 0 Å². The highest BCUT2D eigenvalue weighted by Gasteiger charge is 2.11. The summed E-state index contributed by atoms with van der Waals surface area (Å²) in [5.74, 6) is 0.347. The van der Waals surface area contributed by atoms with Gasteiger partial charge in [0.15, 0.2) is 0 Å². The molecule has 2 aromatic rings. The van der Waals surface area contributed by atoms with Gasteiger partial charge in [-0.2, -0.15) is 0 Å². The number of nitrogens with one attached hydrogen (secondary N) is 1.